The van der Waals surface area contributed by atoms with Gasteiger partial charge in [-0.15, -0.1) is 11.3 Å². The fourth-order valence-corrected chi connectivity index (χ4v) is 4.42. The maximum Gasteiger partial charge on any atom is 0.267 e. The SMILES string of the molecule is COc1ccc(CCNC(=O)c2cc3sccc3n2Cc2cccc(F)c2)cc1OC. The van der Waals surface area contributed by atoms with Crippen molar-refractivity contribution in [3.05, 3.63) is 82.6 Å². The Morgan fingerprint density at radius 2 is 1.87 bits per heavy atom. The molecule has 31 heavy (non-hydrogen) atoms. The number of fused-ring (bicyclic) bond motifs is 1. The smallest absolute Gasteiger partial charge is 0.267 e. The summed E-state index contributed by atoms with van der Waals surface area (Å²) in [5.74, 6) is 0.897. The van der Waals surface area contributed by atoms with Crippen LogP contribution in [-0.4, -0.2) is 31.2 Å². The number of nitrogens with one attached hydrogen (secondary N) is 1. The minimum atomic E-state index is -0.285. The van der Waals surface area contributed by atoms with Gasteiger partial charge in [0.1, 0.15) is 11.5 Å². The van der Waals surface area contributed by atoms with Crippen molar-refractivity contribution >= 4 is 27.5 Å². The first-order valence-corrected chi connectivity index (χ1v) is 10.8. The van der Waals surface area contributed by atoms with E-state index >= 15 is 0 Å². The number of hydrogen-bond acceptors (Lipinski definition) is 4. The number of carbonyl (C=O) groups excluding carboxylic acids is 1. The Balaban J connectivity index is 1.48. The molecule has 0 unspecified atom stereocenters. The number of methoxy groups -OCH3 is 2. The highest BCUT2D eigenvalue weighted by Crippen LogP contribution is 2.28. The van der Waals surface area contributed by atoms with E-state index in [1.165, 1.54) is 12.1 Å². The van der Waals surface area contributed by atoms with Gasteiger partial charge in [-0.25, -0.2) is 4.39 Å². The average molecular weight is 439 g/mol. The van der Waals surface area contributed by atoms with E-state index in [0.29, 0.717) is 36.7 Å². The number of benzene rings is 2. The molecule has 0 atom stereocenters. The minimum Gasteiger partial charge on any atom is -0.493 e. The summed E-state index contributed by atoms with van der Waals surface area (Å²) in [6, 6.07) is 16.1. The molecule has 4 aromatic rings. The van der Waals surface area contributed by atoms with Crippen LogP contribution < -0.4 is 14.8 Å². The quantitative estimate of drug-likeness (QED) is 0.427. The Labute approximate surface area is 184 Å². The second-order valence-electron chi connectivity index (χ2n) is 7.11. The van der Waals surface area contributed by atoms with Crippen LogP contribution in [0.25, 0.3) is 10.2 Å². The van der Waals surface area contributed by atoms with Crippen LogP contribution in [0.1, 0.15) is 21.6 Å². The zero-order valence-electron chi connectivity index (χ0n) is 17.4. The minimum absolute atomic E-state index is 0.153. The maximum atomic E-state index is 13.6. The molecule has 160 valence electrons. The monoisotopic (exact) mass is 438 g/mol. The number of nitrogens with zero attached hydrogens (tertiary/aromatic N) is 1. The number of hydrogen-bond donors (Lipinski definition) is 1. The summed E-state index contributed by atoms with van der Waals surface area (Å²) in [6.07, 6.45) is 0.658. The number of aromatic nitrogens is 1. The molecule has 0 saturated carbocycles. The second kappa shape index (κ2) is 9.22. The van der Waals surface area contributed by atoms with Crippen LogP contribution in [0.2, 0.25) is 0 Å². The Bertz CT molecular complexity index is 1210. The first-order valence-electron chi connectivity index (χ1n) is 9.89. The normalized spacial score (nSPS) is 10.9. The van der Waals surface area contributed by atoms with Crippen LogP contribution in [0.3, 0.4) is 0 Å². The van der Waals surface area contributed by atoms with Gasteiger partial charge < -0.3 is 19.4 Å². The van der Waals surface area contributed by atoms with E-state index in [1.807, 2.05) is 46.3 Å². The lowest BCUT2D eigenvalue weighted by Gasteiger charge is -2.12. The molecule has 0 bridgehead atoms. The molecule has 4 rings (SSSR count). The number of carbonyl (C=O) groups is 1. The van der Waals surface area contributed by atoms with Gasteiger partial charge in [0, 0.05) is 13.1 Å². The highest BCUT2D eigenvalue weighted by molar-refractivity contribution is 7.17. The van der Waals surface area contributed by atoms with Gasteiger partial charge in [-0.1, -0.05) is 18.2 Å². The molecule has 0 saturated heterocycles. The van der Waals surface area contributed by atoms with Gasteiger partial charge >= 0.3 is 0 Å². The Kier molecular flexibility index (Phi) is 6.23. The molecular weight excluding hydrogens is 415 g/mol. The van der Waals surface area contributed by atoms with Crippen LogP contribution in [0.5, 0.6) is 11.5 Å². The Hall–Kier alpha value is -3.32. The van der Waals surface area contributed by atoms with Crippen LogP contribution in [0.15, 0.2) is 60.0 Å². The zero-order valence-corrected chi connectivity index (χ0v) is 18.2. The molecule has 0 fully saturated rings. The van der Waals surface area contributed by atoms with Gasteiger partial charge in [0.15, 0.2) is 11.5 Å². The molecule has 0 spiro atoms. The van der Waals surface area contributed by atoms with Gasteiger partial charge in [-0.3, -0.25) is 4.79 Å². The molecule has 0 radical (unpaired) electrons. The van der Waals surface area contributed by atoms with Crippen molar-refractivity contribution in [1.82, 2.24) is 9.88 Å². The van der Waals surface area contributed by atoms with E-state index in [9.17, 15) is 9.18 Å². The topological polar surface area (TPSA) is 52.5 Å². The first kappa shape index (κ1) is 20.9. The van der Waals surface area contributed by atoms with E-state index < -0.39 is 0 Å². The molecule has 2 aromatic carbocycles. The van der Waals surface area contributed by atoms with Crippen molar-refractivity contribution in [2.45, 2.75) is 13.0 Å². The molecule has 0 aliphatic heterocycles. The summed E-state index contributed by atoms with van der Waals surface area (Å²) in [5.41, 5.74) is 3.38. The highest BCUT2D eigenvalue weighted by atomic mass is 32.1. The summed E-state index contributed by atoms with van der Waals surface area (Å²) in [6.45, 7) is 0.906. The third-order valence-corrected chi connectivity index (χ3v) is 5.99. The predicted molar refractivity (Wildman–Crippen MR) is 121 cm³/mol. The van der Waals surface area contributed by atoms with Gasteiger partial charge in [-0.05, 0) is 59.3 Å². The highest BCUT2D eigenvalue weighted by Gasteiger charge is 2.17. The van der Waals surface area contributed by atoms with E-state index in [0.717, 1.165) is 21.3 Å². The number of rotatable bonds is 8. The third-order valence-electron chi connectivity index (χ3n) is 5.13. The van der Waals surface area contributed by atoms with Crippen molar-refractivity contribution in [1.29, 1.82) is 0 Å². The van der Waals surface area contributed by atoms with E-state index in [2.05, 4.69) is 5.32 Å². The van der Waals surface area contributed by atoms with Crippen molar-refractivity contribution in [3.8, 4) is 11.5 Å². The van der Waals surface area contributed by atoms with Crippen LogP contribution in [0, 0.1) is 5.82 Å². The standard InChI is InChI=1S/C24H23FN2O3S/c1-29-21-7-6-16(13-22(21)30-2)8-10-26-24(28)20-14-23-19(9-11-31-23)27(20)15-17-4-3-5-18(25)12-17/h3-7,9,11-14H,8,10,15H2,1-2H3,(H,26,28). The largest absolute Gasteiger partial charge is 0.493 e. The lowest BCUT2D eigenvalue weighted by atomic mass is 10.1. The summed E-state index contributed by atoms with van der Waals surface area (Å²) >= 11 is 1.58. The number of halogens is 1. The summed E-state index contributed by atoms with van der Waals surface area (Å²) in [7, 11) is 3.20. The van der Waals surface area contributed by atoms with Crippen molar-refractivity contribution in [2.75, 3.05) is 20.8 Å². The molecule has 2 heterocycles. The molecule has 7 heteroatoms. The number of amides is 1. The van der Waals surface area contributed by atoms with Gasteiger partial charge in [0.05, 0.1) is 24.4 Å². The number of ether oxygens (including phenoxy) is 2. The fourth-order valence-electron chi connectivity index (χ4n) is 3.60. The molecule has 1 N–H and O–H groups in total. The van der Waals surface area contributed by atoms with Crippen LogP contribution >= 0.6 is 11.3 Å². The van der Waals surface area contributed by atoms with E-state index in [-0.39, 0.29) is 11.7 Å². The van der Waals surface area contributed by atoms with Crippen LogP contribution in [-0.2, 0) is 13.0 Å². The van der Waals surface area contributed by atoms with Crippen molar-refractivity contribution in [2.24, 2.45) is 0 Å². The molecular formula is C24H23FN2O3S. The lowest BCUT2D eigenvalue weighted by molar-refractivity contribution is 0.0946. The average Bonchev–Trinajstić information content (AvgIpc) is 3.36. The second-order valence-corrected chi connectivity index (χ2v) is 8.06. The molecule has 1 amide bonds. The maximum absolute atomic E-state index is 13.6. The van der Waals surface area contributed by atoms with Crippen molar-refractivity contribution < 1.29 is 18.7 Å². The van der Waals surface area contributed by atoms with Gasteiger partial charge in [0.2, 0.25) is 0 Å². The van der Waals surface area contributed by atoms with Crippen molar-refractivity contribution in [3.63, 3.8) is 0 Å². The van der Waals surface area contributed by atoms with Gasteiger partial charge in [-0.2, -0.15) is 0 Å². The number of thiophene rings is 1. The molecule has 5 nitrogen and oxygen atoms in total. The Morgan fingerprint density at radius 3 is 2.65 bits per heavy atom. The first-order chi connectivity index (χ1) is 15.1. The third kappa shape index (κ3) is 4.56. The molecule has 0 aliphatic carbocycles. The lowest BCUT2D eigenvalue weighted by Crippen LogP contribution is -2.28. The summed E-state index contributed by atoms with van der Waals surface area (Å²) in [5, 5.41) is 4.99. The molecule has 2 aromatic heterocycles. The van der Waals surface area contributed by atoms with Crippen LogP contribution in [0.4, 0.5) is 4.39 Å². The van der Waals surface area contributed by atoms with E-state index in [1.54, 1.807) is 31.6 Å². The fraction of sp³-hybridized carbons (Fsp3) is 0.208. The molecule has 0 aliphatic rings. The van der Waals surface area contributed by atoms with E-state index in [4.69, 9.17) is 9.47 Å². The zero-order chi connectivity index (χ0) is 21.8. The van der Waals surface area contributed by atoms with Gasteiger partial charge in [0.25, 0.3) is 5.91 Å². The summed E-state index contributed by atoms with van der Waals surface area (Å²) in [4.78, 5) is 13.0. The Morgan fingerprint density at radius 1 is 1.03 bits per heavy atom. The predicted octanol–water partition coefficient (Wildman–Crippen LogP) is 4.88. The summed E-state index contributed by atoms with van der Waals surface area (Å²) < 4.78 is 27.2.